The third-order valence-electron chi connectivity index (χ3n) is 5.99. The van der Waals surface area contributed by atoms with Gasteiger partial charge >= 0.3 is 12.1 Å². The average molecular weight is 463 g/mol. The molecule has 1 aromatic carbocycles. The minimum atomic E-state index is -1.05. The molecule has 2 rings (SSSR count). The summed E-state index contributed by atoms with van der Waals surface area (Å²) < 4.78 is 5.72. The minimum absolute atomic E-state index is 0.0493. The Morgan fingerprint density at radius 3 is 2.39 bits per heavy atom. The highest BCUT2D eigenvalue weighted by Gasteiger charge is 2.32. The summed E-state index contributed by atoms with van der Waals surface area (Å²) in [6.45, 7) is 10.3. The number of carboxylic acid groups (broad SMARTS) is 2. The Balaban J connectivity index is 1.86. The number of fused-ring (bicyclic) bond motifs is 1. The van der Waals surface area contributed by atoms with Crippen LogP contribution in [0, 0.1) is 10.8 Å². The lowest BCUT2D eigenvalue weighted by atomic mass is 9.87. The highest BCUT2D eigenvalue weighted by Crippen LogP contribution is 2.29. The van der Waals surface area contributed by atoms with E-state index in [0.29, 0.717) is 19.7 Å². The summed E-state index contributed by atoms with van der Waals surface area (Å²) in [6.07, 6.45) is 2.83. The molecule has 1 aliphatic rings. The van der Waals surface area contributed by atoms with Crippen LogP contribution < -0.4 is 0 Å². The molecule has 0 aliphatic carbocycles. The molecule has 0 bridgehead atoms. The van der Waals surface area contributed by atoms with Crippen molar-refractivity contribution in [1.82, 2.24) is 4.90 Å². The van der Waals surface area contributed by atoms with Gasteiger partial charge in [0.1, 0.15) is 6.61 Å². The normalized spacial score (nSPS) is 15.3. The van der Waals surface area contributed by atoms with Crippen molar-refractivity contribution in [3.8, 4) is 0 Å². The average Bonchev–Trinajstić information content (AvgIpc) is 3.15. The zero-order chi connectivity index (χ0) is 24.8. The van der Waals surface area contributed by atoms with Gasteiger partial charge in [-0.3, -0.25) is 4.90 Å². The lowest BCUT2D eigenvalue weighted by Gasteiger charge is -2.27. The van der Waals surface area contributed by atoms with E-state index in [2.05, 4.69) is 24.9 Å². The van der Waals surface area contributed by atoms with Gasteiger partial charge in [0.25, 0.3) is 0 Å². The maximum atomic E-state index is 11.5. The molecule has 8 nitrogen and oxygen atoms in total. The lowest BCUT2D eigenvalue weighted by Crippen LogP contribution is -2.35. The van der Waals surface area contributed by atoms with Gasteiger partial charge in [0, 0.05) is 13.1 Å². The van der Waals surface area contributed by atoms with Gasteiger partial charge in [0.2, 0.25) is 5.90 Å². The number of hydrogen-bond donors (Lipinski definition) is 3. The second-order valence-electron chi connectivity index (χ2n) is 10.6. The molecule has 0 radical (unpaired) electrons. The van der Waals surface area contributed by atoms with Crippen LogP contribution in [0.5, 0.6) is 0 Å². The first-order valence-electron chi connectivity index (χ1n) is 11.4. The largest absolute Gasteiger partial charge is 0.480 e. The Morgan fingerprint density at radius 1 is 1.12 bits per heavy atom. The van der Waals surface area contributed by atoms with E-state index < -0.39 is 30.1 Å². The molecule has 0 saturated carbocycles. The number of unbranched alkanes of at least 4 members (excludes halogenated alkanes) is 1. The Labute approximate surface area is 196 Å². The molecule has 1 unspecified atom stereocenters. The minimum Gasteiger partial charge on any atom is -0.480 e. The molecule has 1 atom stereocenters. The zero-order valence-corrected chi connectivity index (χ0v) is 20.4. The lowest BCUT2D eigenvalue weighted by molar-refractivity contribution is -0.140. The van der Waals surface area contributed by atoms with Crippen molar-refractivity contribution in [2.75, 3.05) is 13.2 Å². The van der Waals surface area contributed by atoms with Crippen LogP contribution in [-0.4, -0.2) is 57.4 Å². The SMILES string of the molecule is CC(C)(CCCCc1cccc2c1CN(C(=O)O)C2)COC(CO)=NC(C(=O)O)C(C)(C)C. The number of ether oxygens (including phenoxy) is 1. The molecule has 8 heteroatoms. The van der Waals surface area contributed by atoms with Gasteiger partial charge in [-0.2, -0.15) is 0 Å². The van der Waals surface area contributed by atoms with Gasteiger partial charge in [-0.1, -0.05) is 59.2 Å². The van der Waals surface area contributed by atoms with Crippen LogP contribution in [0.3, 0.4) is 0 Å². The van der Waals surface area contributed by atoms with Crippen LogP contribution in [0.2, 0.25) is 0 Å². The molecular weight excluding hydrogens is 424 g/mol. The second kappa shape index (κ2) is 11.0. The molecule has 1 amide bonds. The van der Waals surface area contributed by atoms with Gasteiger partial charge in [0.15, 0.2) is 6.04 Å². The van der Waals surface area contributed by atoms with E-state index in [9.17, 15) is 24.9 Å². The van der Waals surface area contributed by atoms with E-state index in [4.69, 9.17) is 4.74 Å². The zero-order valence-electron chi connectivity index (χ0n) is 20.4. The molecule has 3 N–H and O–H groups in total. The van der Waals surface area contributed by atoms with Gasteiger partial charge in [0.05, 0.1) is 6.61 Å². The summed E-state index contributed by atoms with van der Waals surface area (Å²) in [5, 5.41) is 28.3. The summed E-state index contributed by atoms with van der Waals surface area (Å²) in [6, 6.07) is 5.08. The topological polar surface area (TPSA) is 120 Å². The van der Waals surface area contributed by atoms with Gasteiger partial charge in [-0.05, 0) is 46.8 Å². The van der Waals surface area contributed by atoms with Crippen molar-refractivity contribution in [2.24, 2.45) is 15.8 Å². The first kappa shape index (κ1) is 26.6. The monoisotopic (exact) mass is 462 g/mol. The van der Waals surface area contributed by atoms with Crippen LogP contribution in [-0.2, 0) is 29.0 Å². The first-order chi connectivity index (χ1) is 15.3. The summed E-state index contributed by atoms with van der Waals surface area (Å²) in [7, 11) is 0. The van der Waals surface area contributed by atoms with Gasteiger partial charge in [-0.15, -0.1) is 0 Å². The fourth-order valence-electron chi connectivity index (χ4n) is 4.02. The Morgan fingerprint density at radius 2 is 1.82 bits per heavy atom. The molecule has 0 saturated heterocycles. The number of aliphatic carboxylic acids is 1. The fourth-order valence-corrected chi connectivity index (χ4v) is 4.02. The Bertz CT molecular complexity index is 872. The quantitative estimate of drug-likeness (QED) is 0.270. The van der Waals surface area contributed by atoms with Crippen LogP contribution in [0.25, 0.3) is 0 Å². The summed E-state index contributed by atoms with van der Waals surface area (Å²) in [4.78, 5) is 28.4. The summed E-state index contributed by atoms with van der Waals surface area (Å²) in [5.74, 6) is -0.997. The molecule has 1 aromatic rings. The van der Waals surface area contributed by atoms with E-state index in [1.165, 1.54) is 10.5 Å². The molecule has 0 aromatic heterocycles. The number of aliphatic hydroxyl groups excluding tert-OH is 1. The van der Waals surface area contributed by atoms with Gasteiger partial charge < -0.3 is 20.1 Å². The van der Waals surface area contributed by atoms with Crippen LogP contribution in [0.4, 0.5) is 4.79 Å². The number of aryl methyl sites for hydroxylation is 1. The van der Waals surface area contributed by atoms with Crippen molar-refractivity contribution in [1.29, 1.82) is 0 Å². The third-order valence-corrected chi connectivity index (χ3v) is 5.99. The first-order valence-corrected chi connectivity index (χ1v) is 11.4. The second-order valence-corrected chi connectivity index (χ2v) is 10.6. The van der Waals surface area contributed by atoms with E-state index in [1.807, 2.05) is 12.1 Å². The van der Waals surface area contributed by atoms with Gasteiger partial charge in [-0.25, -0.2) is 14.6 Å². The number of aliphatic imine (C=N–C) groups is 1. The molecule has 0 fully saturated rings. The van der Waals surface area contributed by atoms with E-state index in [0.717, 1.165) is 36.8 Å². The van der Waals surface area contributed by atoms with E-state index in [-0.39, 0.29) is 11.3 Å². The van der Waals surface area contributed by atoms with Crippen molar-refractivity contribution in [3.05, 3.63) is 34.9 Å². The molecule has 1 aliphatic heterocycles. The van der Waals surface area contributed by atoms with Crippen molar-refractivity contribution >= 4 is 18.0 Å². The number of hydrogen-bond acceptors (Lipinski definition) is 5. The number of rotatable bonds is 10. The fraction of sp³-hybridized carbons (Fsp3) is 0.640. The maximum Gasteiger partial charge on any atom is 0.407 e. The summed E-state index contributed by atoms with van der Waals surface area (Å²) >= 11 is 0. The predicted molar refractivity (Wildman–Crippen MR) is 126 cm³/mol. The Hall–Kier alpha value is -2.61. The molecule has 33 heavy (non-hydrogen) atoms. The van der Waals surface area contributed by atoms with Crippen LogP contribution >= 0.6 is 0 Å². The highest BCUT2D eigenvalue weighted by atomic mass is 16.5. The number of amides is 1. The van der Waals surface area contributed by atoms with Crippen molar-refractivity contribution in [3.63, 3.8) is 0 Å². The van der Waals surface area contributed by atoms with Crippen molar-refractivity contribution < 1.29 is 29.6 Å². The maximum absolute atomic E-state index is 11.5. The standard InChI is InChI=1S/C25H38N2O6/c1-24(2,3)21(22(29)30)26-20(15-28)33-16-25(4,5)12-7-6-9-17-10-8-11-18-13-27(23(31)32)14-19(17)18/h8,10-11,21,28H,6-7,9,12-16H2,1-5H3,(H,29,30)(H,31,32). The number of carboxylic acids is 1. The number of aliphatic hydroxyl groups is 1. The molecule has 1 heterocycles. The Kier molecular flexibility index (Phi) is 8.89. The number of benzene rings is 1. The smallest absolute Gasteiger partial charge is 0.407 e. The van der Waals surface area contributed by atoms with E-state index in [1.54, 1.807) is 20.8 Å². The van der Waals surface area contributed by atoms with Crippen molar-refractivity contribution in [2.45, 2.75) is 79.4 Å². The number of nitrogens with zero attached hydrogens (tertiary/aromatic N) is 2. The van der Waals surface area contributed by atoms with E-state index >= 15 is 0 Å². The summed E-state index contributed by atoms with van der Waals surface area (Å²) in [5.41, 5.74) is 2.67. The third kappa shape index (κ3) is 7.74. The van der Waals surface area contributed by atoms with Crippen LogP contribution in [0.15, 0.2) is 23.2 Å². The van der Waals surface area contributed by atoms with Crippen LogP contribution in [0.1, 0.15) is 70.6 Å². The number of carbonyl (C=O) groups is 2. The molecular formula is C25H38N2O6. The molecule has 0 spiro atoms. The molecule has 184 valence electrons. The predicted octanol–water partition coefficient (Wildman–Crippen LogP) is 4.33. The highest BCUT2D eigenvalue weighted by molar-refractivity contribution is 5.83.